The molecule has 14 N–H and O–H groups in total. The molecule has 2 aromatic carbocycles. The Bertz CT molecular complexity index is 1900. The summed E-state index contributed by atoms with van der Waals surface area (Å²) >= 11 is 0. The topological polar surface area (TPSA) is 383 Å². The minimum absolute atomic E-state index is 0.0184. The van der Waals surface area contributed by atoms with Crippen LogP contribution in [0.3, 0.4) is 0 Å². The van der Waals surface area contributed by atoms with Crippen molar-refractivity contribution in [2.24, 2.45) is 0 Å². The number of aliphatic hydroxyl groups excluding tert-OH is 10. The van der Waals surface area contributed by atoms with E-state index in [1.165, 1.54) is 44.2 Å². The monoisotopic (exact) mass is 932 g/mol. The summed E-state index contributed by atoms with van der Waals surface area (Å²) in [4.78, 5) is 13.8. The van der Waals surface area contributed by atoms with Crippen molar-refractivity contribution < 1.29 is 119 Å². The van der Waals surface area contributed by atoms with Crippen LogP contribution in [0, 0.1) is 0 Å². The first-order valence-electron chi connectivity index (χ1n) is 20.6. The first kappa shape index (κ1) is 50.5. The number of rotatable bonds is 15. The van der Waals surface area contributed by atoms with Crippen molar-refractivity contribution in [2.45, 2.75) is 143 Å². The minimum Gasteiger partial charge on any atom is -0.504 e. The summed E-state index contributed by atoms with van der Waals surface area (Å²) in [5.74, 6) is -2.96. The average Bonchev–Trinajstić information content (AvgIpc) is 3.28. The van der Waals surface area contributed by atoms with E-state index in [0.29, 0.717) is 5.56 Å². The smallest absolute Gasteiger partial charge is 0.331 e. The lowest BCUT2D eigenvalue weighted by Crippen LogP contribution is -2.67. The maximum Gasteiger partial charge on any atom is 0.331 e. The predicted octanol–water partition coefficient (Wildman–Crippen LogP) is -4.34. The van der Waals surface area contributed by atoms with E-state index in [4.69, 9.17) is 42.6 Å². The molecule has 65 heavy (non-hydrogen) atoms. The molecule has 0 spiro atoms. The van der Waals surface area contributed by atoms with Gasteiger partial charge in [0, 0.05) is 6.08 Å². The molecule has 4 aliphatic heterocycles. The quantitative estimate of drug-likeness (QED) is 0.0456. The summed E-state index contributed by atoms with van der Waals surface area (Å²) in [6, 6.07) is 7.58. The Morgan fingerprint density at radius 1 is 0.569 bits per heavy atom. The Kier molecular flexibility index (Phi) is 17.0. The Morgan fingerprint density at radius 3 is 1.69 bits per heavy atom. The van der Waals surface area contributed by atoms with Gasteiger partial charge < -0.3 is 114 Å². The number of benzene rings is 2. The van der Waals surface area contributed by atoms with Crippen LogP contribution in [0.2, 0.25) is 0 Å². The molecular formula is C41H56O24. The Balaban J connectivity index is 1.41. The fourth-order valence-electron chi connectivity index (χ4n) is 7.54. The lowest BCUT2D eigenvalue weighted by Gasteiger charge is -2.49. The molecule has 2 aromatic rings. The molecule has 20 atom stereocenters. The largest absolute Gasteiger partial charge is 0.504 e. The van der Waals surface area contributed by atoms with Crippen molar-refractivity contribution in [3.63, 3.8) is 0 Å². The lowest BCUT2D eigenvalue weighted by molar-refractivity contribution is -0.392. The molecule has 24 heteroatoms. The zero-order valence-corrected chi connectivity index (χ0v) is 34.8. The molecule has 0 bridgehead atoms. The number of aromatic hydroxyl groups is 4. The Morgan fingerprint density at radius 2 is 1.11 bits per heavy atom. The highest BCUT2D eigenvalue weighted by Crippen LogP contribution is 2.37. The number of esters is 1. The maximum atomic E-state index is 13.8. The highest BCUT2D eigenvalue weighted by Gasteiger charge is 2.56. The standard InChI is InChI=1S/C41H56O24/c1-15-26(48)29(51)33(55)39(59-15)64-36-35(63-25(47)8-5-17-3-6-19(43)21(45)11-17)24(14-58-38-32(54)31(53)28(50)23(13-42)61-38)62-41(57-10-9-18-4-7-20(44)22(46)12-18)37(36)65-40-34(56)30(52)27(49)16(2)60-40/h3-8,11-12,15-16,23-24,26-46,48-56H,9-10,13-14H2,1-2H3/b8-5+/t15-,16-,23+,24+,26-,27-,28+,29+,30+,31-,32+,33+,34+,35+,36-,37+,38+,39-,40-,41+/m0/s1. The van der Waals surface area contributed by atoms with Gasteiger partial charge in [0.15, 0.2) is 54.3 Å². The molecule has 4 aliphatic rings. The molecule has 4 saturated heterocycles. The fourth-order valence-corrected chi connectivity index (χ4v) is 7.54. The number of phenolic OH excluding ortho intramolecular Hbond substituents is 4. The molecule has 0 radical (unpaired) electrons. The second-order valence-corrected chi connectivity index (χ2v) is 16.1. The number of carbonyl (C=O) groups excluding carboxylic acids is 1. The van der Waals surface area contributed by atoms with Crippen molar-refractivity contribution in [1.29, 1.82) is 0 Å². The third-order valence-corrected chi connectivity index (χ3v) is 11.4. The van der Waals surface area contributed by atoms with Gasteiger partial charge in [-0.1, -0.05) is 12.1 Å². The molecule has 0 amide bonds. The molecule has 6 rings (SSSR count). The van der Waals surface area contributed by atoms with Crippen LogP contribution in [0.1, 0.15) is 25.0 Å². The summed E-state index contributed by atoms with van der Waals surface area (Å²) in [6.07, 6.45) is -32.5. The number of carbonyl (C=O) groups is 1. The minimum atomic E-state index is -2.00. The van der Waals surface area contributed by atoms with Crippen molar-refractivity contribution in [3.8, 4) is 23.0 Å². The number of ether oxygens (including phenoxy) is 9. The summed E-state index contributed by atoms with van der Waals surface area (Å²) in [6.45, 7) is 0.833. The normalized spacial score (nSPS) is 40.2. The zero-order valence-electron chi connectivity index (χ0n) is 34.8. The van der Waals surface area contributed by atoms with E-state index in [9.17, 15) is 76.3 Å². The number of hydrogen-bond donors (Lipinski definition) is 14. The van der Waals surface area contributed by atoms with Gasteiger partial charge in [0.2, 0.25) is 0 Å². The van der Waals surface area contributed by atoms with Gasteiger partial charge in [0.05, 0.1) is 32.0 Å². The molecule has 0 aromatic heterocycles. The van der Waals surface area contributed by atoms with Crippen LogP contribution in [0.4, 0.5) is 0 Å². The Hall–Kier alpha value is -3.87. The van der Waals surface area contributed by atoms with Crippen LogP contribution in [-0.4, -0.2) is 220 Å². The van der Waals surface area contributed by atoms with Crippen LogP contribution in [0.25, 0.3) is 6.08 Å². The van der Waals surface area contributed by atoms with E-state index in [0.717, 1.165) is 18.2 Å². The van der Waals surface area contributed by atoms with Crippen LogP contribution >= 0.6 is 0 Å². The molecular weight excluding hydrogens is 876 g/mol. The van der Waals surface area contributed by atoms with Gasteiger partial charge in [0.1, 0.15) is 79.4 Å². The van der Waals surface area contributed by atoms with Gasteiger partial charge in [-0.15, -0.1) is 0 Å². The number of hydrogen-bond acceptors (Lipinski definition) is 24. The second-order valence-electron chi connectivity index (χ2n) is 16.1. The van der Waals surface area contributed by atoms with Crippen LogP contribution in [0.5, 0.6) is 23.0 Å². The molecule has 0 saturated carbocycles. The van der Waals surface area contributed by atoms with Crippen molar-refractivity contribution in [1.82, 2.24) is 0 Å². The molecule has 24 nitrogen and oxygen atoms in total. The van der Waals surface area contributed by atoms with E-state index in [-0.39, 0.29) is 18.6 Å². The average molecular weight is 933 g/mol. The highest BCUT2D eigenvalue weighted by molar-refractivity contribution is 5.87. The van der Waals surface area contributed by atoms with E-state index in [1.54, 1.807) is 0 Å². The van der Waals surface area contributed by atoms with Gasteiger partial charge in [-0.25, -0.2) is 4.79 Å². The molecule has 364 valence electrons. The summed E-state index contributed by atoms with van der Waals surface area (Å²) in [7, 11) is 0. The summed E-state index contributed by atoms with van der Waals surface area (Å²) in [5.41, 5.74) is 0.657. The van der Waals surface area contributed by atoms with Gasteiger partial charge in [-0.05, 0) is 61.7 Å². The van der Waals surface area contributed by atoms with E-state index in [2.05, 4.69) is 0 Å². The molecule has 0 unspecified atom stereocenters. The first-order chi connectivity index (χ1) is 30.8. The van der Waals surface area contributed by atoms with Gasteiger partial charge in [0.25, 0.3) is 0 Å². The fraction of sp³-hybridized carbons (Fsp3) is 0.634. The first-order valence-corrected chi connectivity index (χ1v) is 20.6. The lowest BCUT2D eigenvalue weighted by atomic mass is 9.95. The van der Waals surface area contributed by atoms with E-state index < -0.39 is 165 Å². The van der Waals surface area contributed by atoms with E-state index >= 15 is 0 Å². The van der Waals surface area contributed by atoms with Gasteiger partial charge in [-0.2, -0.15) is 0 Å². The van der Waals surface area contributed by atoms with Crippen molar-refractivity contribution in [3.05, 3.63) is 53.6 Å². The van der Waals surface area contributed by atoms with Crippen LogP contribution < -0.4 is 0 Å². The summed E-state index contributed by atoms with van der Waals surface area (Å²) in [5, 5.41) is 146. The highest BCUT2D eigenvalue weighted by atomic mass is 16.8. The zero-order chi connectivity index (χ0) is 47.4. The predicted molar refractivity (Wildman–Crippen MR) is 211 cm³/mol. The summed E-state index contributed by atoms with van der Waals surface area (Å²) < 4.78 is 53.7. The second kappa shape index (κ2) is 21.8. The number of aliphatic hydroxyl groups is 10. The third-order valence-electron chi connectivity index (χ3n) is 11.4. The third kappa shape index (κ3) is 11.6. The molecule has 0 aliphatic carbocycles. The van der Waals surface area contributed by atoms with Crippen LogP contribution in [0.15, 0.2) is 42.5 Å². The van der Waals surface area contributed by atoms with E-state index in [1.807, 2.05) is 0 Å². The van der Waals surface area contributed by atoms with Gasteiger partial charge in [-0.3, -0.25) is 0 Å². The number of phenols is 4. The SMILES string of the molecule is C[C@@H]1O[C@@H](O[C@@H]2[C@@H](O[C@@H]3O[C@@H](C)[C@H](O)[C@@H](O)[C@H]3O)[C@H](OCCc3ccc(O)c(O)c3)O[C@H](CO[C@@H]3O[C@H](CO)[C@@H](O)[C@H](O)[C@H]3O)[C@H]2OC(=O)/C=C/c2ccc(O)c(O)c2)[C@H](O)[C@H](O)[C@H]1O. The molecule has 4 fully saturated rings. The van der Waals surface area contributed by atoms with Crippen molar-refractivity contribution >= 4 is 12.0 Å². The maximum absolute atomic E-state index is 13.8. The molecule has 4 heterocycles. The Labute approximate surface area is 370 Å². The van der Waals surface area contributed by atoms with Crippen LogP contribution in [-0.2, 0) is 53.8 Å². The van der Waals surface area contributed by atoms with Crippen molar-refractivity contribution in [2.75, 3.05) is 19.8 Å². The van der Waals surface area contributed by atoms with Gasteiger partial charge >= 0.3 is 5.97 Å².